The Bertz CT molecular complexity index is 380. The molecule has 3 unspecified atom stereocenters. The van der Waals surface area contributed by atoms with Gasteiger partial charge in [-0.3, -0.25) is 0 Å². The molecule has 0 aliphatic heterocycles. The maximum atomic E-state index is 13.5. The molecule has 0 amide bonds. The quantitative estimate of drug-likeness (QED) is 0.698. The van der Waals surface area contributed by atoms with Gasteiger partial charge < -0.3 is 0 Å². The van der Waals surface area contributed by atoms with Crippen LogP contribution in [0.5, 0.6) is 0 Å². The average Bonchev–Trinajstić information content (AvgIpc) is 2.89. The summed E-state index contributed by atoms with van der Waals surface area (Å²) in [5, 5.41) is 0.115. The summed E-state index contributed by atoms with van der Waals surface area (Å²) in [5.74, 6) is 2.40. The van der Waals surface area contributed by atoms with Crippen molar-refractivity contribution in [3.8, 4) is 0 Å². The summed E-state index contributed by atoms with van der Waals surface area (Å²) in [6.45, 7) is 0. The molecule has 0 spiro atoms. The average molecular weight is 239 g/mol. The minimum absolute atomic E-state index is 0.115. The van der Waals surface area contributed by atoms with E-state index in [1.807, 2.05) is 12.1 Å². The Morgan fingerprint density at radius 2 is 1.88 bits per heavy atom. The van der Waals surface area contributed by atoms with Gasteiger partial charge in [0.1, 0.15) is 5.82 Å². The largest absolute Gasteiger partial charge is 0.207 e. The van der Waals surface area contributed by atoms with Gasteiger partial charge >= 0.3 is 0 Å². The summed E-state index contributed by atoms with van der Waals surface area (Å²) in [4.78, 5) is 0. The van der Waals surface area contributed by atoms with Gasteiger partial charge in [-0.1, -0.05) is 18.2 Å². The fourth-order valence-electron chi connectivity index (χ4n) is 3.10. The van der Waals surface area contributed by atoms with Crippen LogP contribution in [0.2, 0.25) is 0 Å². The lowest BCUT2D eigenvalue weighted by atomic mass is 9.94. The molecule has 0 saturated heterocycles. The third kappa shape index (κ3) is 1.98. The predicted molar refractivity (Wildman–Crippen MR) is 64.1 cm³/mol. The van der Waals surface area contributed by atoms with E-state index in [1.165, 1.54) is 25.3 Å². The lowest BCUT2D eigenvalue weighted by Gasteiger charge is -2.18. The summed E-state index contributed by atoms with van der Waals surface area (Å²) in [6.07, 6.45) is 4.64. The van der Waals surface area contributed by atoms with Crippen LogP contribution in [0.3, 0.4) is 0 Å². The first kappa shape index (κ1) is 10.6. The second kappa shape index (κ2) is 4.03. The van der Waals surface area contributed by atoms with E-state index in [4.69, 9.17) is 11.6 Å². The molecule has 0 nitrogen and oxygen atoms in total. The first-order valence-electron chi connectivity index (χ1n) is 6.11. The molecule has 2 aliphatic rings. The molecular weight excluding hydrogens is 223 g/mol. The first-order valence-corrected chi connectivity index (χ1v) is 6.55. The van der Waals surface area contributed by atoms with Gasteiger partial charge in [0.05, 0.1) is 0 Å². The highest BCUT2D eigenvalue weighted by Crippen LogP contribution is 2.56. The molecule has 2 heteroatoms. The van der Waals surface area contributed by atoms with Gasteiger partial charge in [0.2, 0.25) is 0 Å². The Labute approximate surface area is 101 Å². The van der Waals surface area contributed by atoms with Crippen LogP contribution < -0.4 is 0 Å². The zero-order valence-electron chi connectivity index (χ0n) is 9.20. The van der Waals surface area contributed by atoms with E-state index in [0.29, 0.717) is 12.3 Å². The zero-order valence-corrected chi connectivity index (χ0v) is 9.96. The molecule has 2 saturated carbocycles. The van der Waals surface area contributed by atoms with Crippen molar-refractivity contribution in [1.29, 1.82) is 0 Å². The van der Waals surface area contributed by atoms with Gasteiger partial charge in [-0.2, -0.15) is 0 Å². The van der Waals surface area contributed by atoms with Crippen LogP contribution in [-0.2, 0) is 6.42 Å². The first-order chi connectivity index (χ1) is 7.74. The Morgan fingerprint density at radius 3 is 2.56 bits per heavy atom. The van der Waals surface area contributed by atoms with E-state index in [9.17, 15) is 4.39 Å². The van der Waals surface area contributed by atoms with Gasteiger partial charge in [0, 0.05) is 5.38 Å². The minimum atomic E-state index is -0.115. The topological polar surface area (TPSA) is 0 Å². The van der Waals surface area contributed by atoms with Crippen LogP contribution in [0, 0.1) is 23.6 Å². The molecule has 0 N–H and O–H groups in total. The SMILES string of the molecule is Fc1ccccc1CC(Cl)C1CC2CC2C1. The van der Waals surface area contributed by atoms with E-state index in [2.05, 4.69) is 0 Å². The molecule has 0 heterocycles. The lowest BCUT2D eigenvalue weighted by Crippen LogP contribution is -2.16. The zero-order chi connectivity index (χ0) is 11.1. The molecule has 86 valence electrons. The number of rotatable bonds is 3. The molecule has 2 fully saturated rings. The summed E-state index contributed by atoms with van der Waals surface area (Å²) in [5.41, 5.74) is 0.767. The molecule has 0 radical (unpaired) electrons. The smallest absolute Gasteiger partial charge is 0.126 e. The molecule has 16 heavy (non-hydrogen) atoms. The normalized spacial score (nSPS) is 33.5. The second-order valence-corrected chi connectivity index (χ2v) is 5.86. The van der Waals surface area contributed by atoms with Gasteiger partial charge in [-0.25, -0.2) is 4.39 Å². The van der Waals surface area contributed by atoms with Crippen molar-refractivity contribution in [2.45, 2.75) is 31.1 Å². The molecule has 0 aromatic heterocycles. The summed E-state index contributed by atoms with van der Waals surface area (Å²) in [6, 6.07) is 6.98. The summed E-state index contributed by atoms with van der Waals surface area (Å²) >= 11 is 6.41. The highest BCUT2D eigenvalue weighted by molar-refractivity contribution is 6.21. The van der Waals surface area contributed by atoms with Crippen molar-refractivity contribution in [3.63, 3.8) is 0 Å². The second-order valence-electron chi connectivity index (χ2n) is 5.30. The molecule has 1 aromatic rings. The number of hydrogen-bond acceptors (Lipinski definition) is 0. The van der Waals surface area contributed by atoms with E-state index < -0.39 is 0 Å². The molecular formula is C14H16ClF. The maximum Gasteiger partial charge on any atom is 0.126 e. The highest BCUT2D eigenvalue weighted by Gasteiger charge is 2.47. The van der Waals surface area contributed by atoms with Gasteiger partial charge in [0.25, 0.3) is 0 Å². The maximum absolute atomic E-state index is 13.5. The van der Waals surface area contributed by atoms with E-state index in [0.717, 1.165) is 17.4 Å². The van der Waals surface area contributed by atoms with E-state index in [1.54, 1.807) is 6.07 Å². The van der Waals surface area contributed by atoms with E-state index in [-0.39, 0.29) is 11.2 Å². The Kier molecular flexibility index (Phi) is 2.67. The molecule has 2 aliphatic carbocycles. The molecule has 1 aromatic carbocycles. The summed E-state index contributed by atoms with van der Waals surface area (Å²) < 4.78 is 13.5. The van der Waals surface area contributed by atoms with Crippen LogP contribution in [0.25, 0.3) is 0 Å². The lowest BCUT2D eigenvalue weighted by molar-refractivity contribution is 0.455. The fraction of sp³-hybridized carbons (Fsp3) is 0.571. The molecule has 3 atom stereocenters. The number of hydrogen-bond donors (Lipinski definition) is 0. The molecule has 0 bridgehead atoms. The van der Waals surface area contributed by atoms with Crippen LogP contribution in [0.4, 0.5) is 4.39 Å². The van der Waals surface area contributed by atoms with Gasteiger partial charge in [0.15, 0.2) is 0 Å². The summed E-state index contributed by atoms with van der Waals surface area (Å²) in [7, 11) is 0. The Morgan fingerprint density at radius 1 is 1.19 bits per heavy atom. The predicted octanol–water partition coefficient (Wildman–Crippen LogP) is 4.02. The standard InChI is InChI=1S/C14H16ClF/c15-13(12-6-10-5-11(10)7-12)8-9-3-1-2-4-14(9)16/h1-4,10-13H,5-8H2. The Hall–Kier alpha value is -0.560. The van der Waals surface area contributed by atoms with Crippen LogP contribution in [0.1, 0.15) is 24.8 Å². The van der Waals surface area contributed by atoms with Crippen molar-refractivity contribution < 1.29 is 4.39 Å². The number of benzene rings is 1. The van der Waals surface area contributed by atoms with Crippen molar-refractivity contribution in [2.24, 2.45) is 17.8 Å². The van der Waals surface area contributed by atoms with Crippen molar-refractivity contribution in [2.75, 3.05) is 0 Å². The number of halogens is 2. The number of fused-ring (bicyclic) bond motifs is 1. The fourth-order valence-corrected chi connectivity index (χ4v) is 3.47. The van der Waals surface area contributed by atoms with E-state index >= 15 is 0 Å². The van der Waals surface area contributed by atoms with Gasteiger partial charge in [-0.05, 0) is 55.1 Å². The van der Waals surface area contributed by atoms with Crippen molar-refractivity contribution in [3.05, 3.63) is 35.6 Å². The van der Waals surface area contributed by atoms with Crippen LogP contribution in [0.15, 0.2) is 24.3 Å². The highest BCUT2D eigenvalue weighted by atomic mass is 35.5. The third-order valence-electron chi connectivity index (χ3n) is 4.16. The minimum Gasteiger partial charge on any atom is -0.207 e. The van der Waals surface area contributed by atoms with Crippen molar-refractivity contribution >= 4 is 11.6 Å². The van der Waals surface area contributed by atoms with Crippen molar-refractivity contribution in [1.82, 2.24) is 0 Å². The monoisotopic (exact) mass is 238 g/mol. The third-order valence-corrected chi connectivity index (χ3v) is 4.67. The Balaban J connectivity index is 1.64. The van der Waals surface area contributed by atoms with Gasteiger partial charge in [-0.15, -0.1) is 11.6 Å². The molecule has 3 rings (SSSR count). The van der Waals surface area contributed by atoms with Crippen LogP contribution >= 0.6 is 11.6 Å². The van der Waals surface area contributed by atoms with Crippen LogP contribution in [-0.4, -0.2) is 5.38 Å². The number of alkyl halides is 1.